The van der Waals surface area contributed by atoms with Gasteiger partial charge in [-0.1, -0.05) is 36.4 Å². The van der Waals surface area contributed by atoms with Gasteiger partial charge in [0, 0.05) is 18.5 Å². The van der Waals surface area contributed by atoms with Crippen molar-refractivity contribution < 1.29 is 0 Å². The van der Waals surface area contributed by atoms with Crippen LogP contribution in [0.5, 0.6) is 0 Å². The van der Waals surface area contributed by atoms with Crippen LogP contribution < -0.4 is 5.32 Å². The van der Waals surface area contributed by atoms with E-state index < -0.39 is 0 Å². The lowest BCUT2D eigenvalue weighted by molar-refractivity contribution is 0.534. The number of aryl methyl sites for hydroxylation is 1. The van der Waals surface area contributed by atoms with E-state index in [9.17, 15) is 0 Å². The summed E-state index contributed by atoms with van der Waals surface area (Å²) in [7, 11) is 0. The maximum Gasteiger partial charge on any atom is 0.161 e. The summed E-state index contributed by atoms with van der Waals surface area (Å²) in [4.78, 5) is 9.85. The van der Waals surface area contributed by atoms with Crippen molar-refractivity contribution >= 4 is 16.7 Å². The van der Waals surface area contributed by atoms with E-state index in [2.05, 4.69) is 72.3 Å². The van der Waals surface area contributed by atoms with Gasteiger partial charge in [0.1, 0.15) is 11.3 Å². The molecule has 0 spiro atoms. The van der Waals surface area contributed by atoms with Gasteiger partial charge in [-0.15, -0.1) is 0 Å². The summed E-state index contributed by atoms with van der Waals surface area (Å²) < 4.78 is 2.35. The van der Waals surface area contributed by atoms with E-state index in [4.69, 9.17) is 9.97 Å². The Morgan fingerprint density at radius 2 is 1.92 bits per heavy atom. The molecule has 0 aliphatic carbocycles. The van der Waals surface area contributed by atoms with E-state index in [1.165, 1.54) is 11.1 Å². The molecule has 5 rings (SSSR count). The third-order valence-electron chi connectivity index (χ3n) is 5.35. The summed E-state index contributed by atoms with van der Waals surface area (Å²) in [6.45, 7) is 5.26. The Hall–Kier alpha value is -2.46. The van der Waals surface area contributed by atoms with Gasteiger partial charge in [0.15, 0.2) is 5.65 Å². The molecular formula is C21H22N4. The van der Waals surface area contributed by atoms with Crippen LogP contribution in [0.15, 0.2) is 48.5 Å². The van der Waals surface area contributed by atoms with Crippen molar-refractivity contribution in [2.75, 3.05) is 6.54 Å². The molecule has 0 radical (unpaired) electrons. The standard InChI is InChI=1S/C21H22N4/c1-21(2)12-15(13-22-21)16-8-9-17-20(24-16)25-18(10-11-19(25)23-17)14-6-4-3-5-7-14/h3-9,12,18,22H,10-11,13H2,1-2H3/t18-/m1/s1. The minimum Gasteiger partial charge on any atom is -0.305 e. The van der Waals surface area contributed by atoms with E-state index in [0.29, 0.717) is 6.04 Å². The fourth-order valence-corrected chi connectivity index (χ4v) is 4.11. The highest BCUT2D eigenvalue weighted by atomic mass is 15.2. The lowest BCUT2D eigenvalue weighted by Crippen LogP contribution is -2.32. The number of aromatic nitrogens is 3. The molecule has 2 aromatic heterocycles. The summed E-state index contributed by atoms with van der Waals surface area (Å²) in [6.07, 6.45) is 4.41. The molecule has 4 nitrogen and oxygen atoms in total. The Bertz CT molecular complexity index is 982. The van der Waals surface area contributed by atoms with Gasteiger partial charge < -0.3 is 9.88 Å². The van der Waals surface area contributed by atoms with Crippen molar-refractivity contribution in [1.82, 2.24) is 19.9 Å². The van der Waals surface area contributed by atoms with Gasteiger partial charge in [-0.05, 0) is 43.5 Å². The maximum atomic E-state index is 5.02. The zero-order chi connectivity index (χ0) is 17.0. The van der Waals surface area contributed by atoms with E-state index in [-0.39, 0.29) is 5.54 Å². The number of benzene rings is 1. The topological polar surface area (TPSA) is 42.7 Å². The molecule has 0 saturated carbocycles. The monoisotopic (exact) mass is 330 g/mol. The van der Waals surface area contributed by atoms with E-state index >= 15 is 0 Å². The number of hydrogen-bond acceptors (Lipinski definition) is 3. The predicted octanol–water partition coefficient (Wildman–Crippen LogP) is 3.73. The van der Waals surface area contributed by atoms with Gasteiger partial charge in [0.25, 0.3) is 0 Å². The smallest absolute Gasteiger partial charge is 0.161 e. The highest BCUT2D eigenvalue weighted by Crippen LogP contribution is 2.35. The number of hydrogen-bond donors (Lipinski definition) is 1. The third kappa shape index (κ3) is 2.40. The van der Waals surface area contributed by atoms with Crippen LogP contribution in [0.2, 0.25) is 0 Å². The molecule has 4 heterocycles. The van der Waals surface area contributed by atoms with Gasteiger partial charge >= 0.3 is 0 Å². The lowest BCUT2D eigenvalue weighted by atomic mass is 10.0. The predicted molar refractivity (Wildman–Crippen MR) is 100 cm³/mol. The number of nitrogens with one attached hydrogen (secondary N) is 1. The van der Waals surface area contributed by atoms with Crippen molar-refractivity contribution in [1.29, 1.82) is 0 Å². The van der Waals surface area contributed by atoms with E-state index in [1.807, 2.05) is 0 Å². The Morgan fingerprint density at radius 3 is 2.68 bits per heavy atom. The molecule has 126 valence electrons. The van der Waals surface area contributed by atoms with Gasteiger partial charge in [-0.25, -0.2) is 9.97 Å². The zero-order valence-electron chi connectivity index (χ0n) is 14.7. The Morgan fingerprint density at radius 1 is 1.08 bits per heavy atom. The van der Waals surface area contributed by atoms with Crippen LogP contribution >= 0.6 is 0 Å². The quantitative estimate of drug-likeness (QED) is 0.778. The summed E-state index contributed by atoms with van der Waals surface area (Å²) in [6, 6.07) is 15.3. The number of nitrogens with zero attached hydrogens (tertiary/aromatic N) is 3. The molecule has 3 aromatic rings. The number of pyridine rings is 1. The molecule has 0 saturated heterocycles. The average molecular weight is 330 g/mol. The molecule has 4 heteroatoms. The SMILES string of the molecule is CC1(C)C=C(c2ccc3nc4n(c3n2)[C@@H](c2ccccc2)CC4)CN1. The summed E-state index contributed by atoms with van der Waals surface area (Å²) >= 11 is 0. The summed E-state index contributed by atoms with van der Waals surface area (Å²) in [5, 5.41) is 3.52. The van der Waals surface area contributed by atoms with Crippen molar-refractivity contribution in [3.63, 3.8) is 0 Å². The van der Waals surface area contributed by atoms with Gasteiger partial charge in [0.2, 0.25) is 0 Å². The Labute approximate surface area is 147 Å². The first kappa shape index (κ1) is 14.8. The molecule has 0 bridgehead atoms. The van der Waals surface area contributed by atoms with Crippen LogP contribution in [0.1, 0.15) is 43.4 Å². The van der Waals surface area contributed by atoms with Crippen LogP contribution in [0.25, 0.3) is 16.7 Å². The summed E-state index contributed by atoms with van der Waals surface area (Å²) in [5.41, 5.74) is 5.74. The maximum absolute atomic E-state index is 5.02. The van der Waals surface area contributed by atoms with Crippen molar-refractivity contribution in [3.05, 3.63) is 65.6 Å². The van der Waals surface area contributed by atoms with Crippen molar-refractivity contribution in [2.45, 2.75) is 38.3 Å². The third-order valence-corrected chi connectivity index (χ3v) is 5.35. The highest BCUT2D eigenvalue weighted by Gasteiger charge is 2.29. The normalized spacial score (nSPS) is 21.5. The van der Waals surface area contributed by atoms with Crippen LogP contribution in [0, 0.1) is 0 Å². The average Bonchev–Trinajstić information content (AvgIpc) is 3.28. The largest absolute Gasteiger partial charge is 0.305 e. The van der Waals surface area contributed by atoms with E-state index in [0.717, 1.165) is 42.1 Å². The fraction of sp³-hybridized carbons (Fsp3) is 0.333. The number of imidazole rings is 1. The minimum atomic E-state index is 0.0396. The van der Waals surface area contributed by atoms with Crippen LogP contribution in [0.4, 0.5) is 0 Å². The second-order valence-electron chi connectivity index (χ2n) is 7.65. The van der Waals surface area contributed by atoms with Crippen LogP contribution in [-0.4, -0.2) is 26.6 Å². The van der Waals surface area contributed by atoms with Gasteiger partial charge in [-0.3, -0.25) is 0 Å². The van der Waals surface area contributed by atoms with Crippen molar-refractivity contribution in [2.24, 2.45) is 0 Å². The number of rotatable bonds is 2. The fourth-order valence-electron chi connectivity index (χ4n) is 4.11. The Kier molecular flexibility index (Phi) is 3.13. The molecule has 0 fully saturated rings. The van der Waals surface area contributed by atoms with Crippen molar-refractivity contribution in [3.8, 4) is 0 Å². The zero-order valence-corrected chi connectivity index (χ0v) is 14.7. The molecule has 0 amide bonds. The van der Waals surface area contributed by atoms with Crippen LogP contribution in [-0.2, 0) is 6.42 Å². The first-order chi connectivity index (χ1) is 12.1. The lowest BCUT2D eigenvalue weighted by Gasteiger charge is -2.14. The Balaban J connectivity index is 1.63. The molecule has 0 unspecified atom stereocenters. The highest BCUT2D eigenvalue weighted by molar-refractivity contribution is 5.77. The molecule has 2 aliphatic rings. The van der Waals surface area contributed by atoms with Gasteiger partial charge in [-0.2, -0.15) is 0 Å². The van der Waals surface area contributed by atoms with E-state index in [1.54, 1.807) is 0 Å². The molecule has 25 heavy (non-hydrogen) atoms. The second kappa shape index (κ2) is 5.27. The summed E-state index contributed by atoms with van der Waals surface area (Å²) in [5.74, 6) is 1.16. The number of fused-ring (bicyclic) bond motifs is 3. The molecule has 1 aromatic carbocycles. The first-order valence-corrected chi connectivity index (χ1v) is 9.01. The van der Waals surface area contributed by atoms with Gasteiger partial charge in [0.05, 0.1) is 11.7 Å². The minimum absolute atomic E-state index is 0.0396. The first-order valence-electron chi connectivity index (χ1n) is 9.01. The molecule has 1 atom stereocenters. The molecule has 1 N–H and O–H groups in total. The molecular weight excluding hydrogens is 308 g/mol. The van der Waals surface area contributed by atoms with Crippen LogP contribution in [0.3, 0.4) is 0 Å². The molecule has 2 aliphatic heterocycles. The second-order valence-corrected chi connectivity index (χ2v) is 7.65.